The molecule has 0 N–H and O–H groups in total. The molecule has 3 atom stereocenters. The fourth-order valence-corrected chi connectivity index (χ4v) is 0.967. The second-order valence-corrected chi connectivity index (χ2v) is 6.85. The monoisotopic (exact) mass is 440 g/mol. The molecule has 0 rings (SSSR count). The normalized spacial score (nSPS) is 16.3. The summed E-state index contributed by atoms with van der Waals surface area (Å²) in [5.41, 5.74) is 0. The minimum atomic E-state index is -0.395. The van der Waals surface area contributed by atoms with E-state index in [0.717, 1.165) is 0 Å². The number of esters is 2. The molecular weight excluding hydrogens is 426 g/mol. The quantitative estimate of drug-likeness (QED) is 0.374. The van der Waals surface area contributed by atoms with Gasteiger partial charge >= 0.3 is 11.9 Å². The standard InChI is InChI=1S/C9H14I2O4/c1-5(15-9(13)7(3)11)4-14-8(12)6(2)10/h5-7H,4H2,1-3H3. The highest BCUT2D eigenvalue weighted by Crippen LogP contribution is 2.06. The Labute approximate surface area is 117 Å². The number of carbonyl (C=O) groups is 2. The second kappa shape index (κ2) is 7.64. The van der Waals surface area contributed by atoms with Crippen molar-refractivity contribution in [2.24, 2.45) is 0 Å². The van der Waals surface area contributed by atoms with E-state index in [1.807, 2.05) is 45.2 Å². The minimum absolute atomic E-state index is 0.112. The van der Waals surface area contributed by atoms with E-state index in [-0.39, 0.29) is 26.4 Å². The van der Waals surface area contributed by atoms with Crippen molar-refractivity contribution in [2.45, 2.75) is 34.7 Å². The molecule has 0 amide bonds. The molecule has 0 aromatic heterocycles. The molecule has 0 heterocycles. The van der Waals surface area contributed by atoms with Crippen LogP contribution in [0.4, 0.5) is 0 Å². The predicted octanol–water partition coefficient (Wildman–Crippen LogP) is 2.11. The molecule has 0 saturated heterocycles. The fourth-order valence-electron chi connectivity index (χ4n) is 0.640. The summed E-state index contributed by atoms with van der Waals surface area (Å²) in [7, 11) is 0. The van der Waals surface area contributed by atoms with Gasteiger partial charge in [-0.05, 0) is 20.8 Å². The molecule has 4 nitrogen and oxygen atoms in total. The minimum Gasteiger partial charge on any atom is -0.461 e. The van der Waals surface area contributed by atoms with Crippen LogP contribution in [0.25, 0.3) is 0 Å². The molecular formula is C9H14I2O4. The summed E-state index contributed by atoms with van der Waals surface area (Å²) in [6.07, 6.45) is -0.395. The summed E-state index contributed by atoms with van der Waals surface area (Å²) in [6, 6.07) is 0. The van der Waals surface area contributed by atoms with Crippen LogP contribution in [0.15, 0.2) is 0 Å². The van der Waals surface area contributed by atoms with Gasteiger partial charge in [0.15, 0.2) is 0 Å². The van der Waals surface area contributed by atoms with Crippen LogP contribution in [0.2, 0.25) is 0 Å². The number of rotatable bonds is 5. The first-order valence-corrected chi connectivity index (χ1v) is 6.99. The topological polar surface area (TPSA) is 52.6 Å². The van der Waals surface area contributed by atoms with Gasteiger partial charge in [-0.3, -0.25) is 9.59 Å². The third-order valence-corrected chi connectivity index (χ3v) is 2.44. The van der Waals surface area contributed by atoms with Gasteiger partial charge in [-0.15, -0.1) is 0 Å². The maximum absolute atomic E-state index is 11.2. The van der Waals surface area contributed by atoms with Crippen molar-refractivity contribution < 1.29 is 19.1 Å². The van der Waals surface area contributed by atoms with Crippen LogP contribution in [0.5, 0.6) is 0 Å². The maximum atomic E-state index is 11.2. The molecule has 0 aliphatic heterocycles. The fraction of sp³-hybridized carbons (Fsp3) is 0.778. The van der Waals surface area contributed by atoms with Crippen LogP contribution in [0.3, 0.4) is 0 Å². The van der Waals surface area contributed by atoms with Gasteiger partial charge in [0.2, 0.25) is 0 Å². The smallest absolute Gasteiger partial charge is 0.318 e. The zero-order valence-electron chi connectivity index (χ0n) is 8.83. The highest BCUT2D eigenvalue weighted by Gasteiger charge is 2.17. The summed E-state index contributed by atoms with van der Waals surface area (Å²) in [5.74, 6) is -0.581. The molecule has 3 unspecified atom stereocenters. The number of alkyl halides is 2. The van der Waals surface area contributed by atoms with E-state index in [2.05, 4.69) is 0 Å². The molecule has 0 saturated carbocycles. The van der Waals surface area contributed by atoms with E-state index in [4.69, 9.17) is 9.47 Å². The first kappa shape index (κ1) is 15.4. The van der Waals surface area contributed by atoms with Crippen molar-refractivity contribution in [2.75, 3.05) is 6.61 Å². The highest BCUT2D eigenvalue weighted by molar-refractivity contribution is 14.1. The Morgan fingerprint density at radius 2 is 1.53 bits per heavy atom. The van der Waals surface area contributed by atoms with Gasteiger partial charge in [0.25, 0.3) is 0 Å². The molecule has 15 heavy (non-hydrogen) atoms. The van der Waals surface area contributed by atoms with Crippen LogP contribution >= 0.6 is 45.2 Å². The Morgan fingerprint density at radius 1 is 1.07 bits per heavy atom. The summed E-state index contributed by atoms with van der Waals surface area (Å²) in [6.45, 7) is 5.30. The first-order valence-electron chi connectivity index (χ1n) is 4.49. The van der Waals surface area contributed by atoms with Gasteiger partial charge in [-0.25, -0.2) is 0 Å². The molecule has 0 aliphatic carbocycles. The third kappa shape index (κ3) is 7.31. The van der Waals surface area contributed by atoms with Crippen LogP contribution in [-0.2, 0) is 19.1 Å². The Balaban J connectivity index is 3.80. The van der Waals surface area contributed by atoms with Crippen molar-refractivity contribution in [3.63, 3.8) is 0 Å². The lowest BCUT2D eigenvalue weighted by Gasteiger charge is -2.14. The average Bonchev–Trinajstić information content (AvgIpc) is 2.13. The zero-order valence-corrected chi connectivity index (χ0v) is 13.1. The van der Waals surface area contributed by atoms with Crippen molar-refractivity contribution in [1.29, 1.82) is 0 Å². The van der Waals surface area contributed by atoms with Crippen molar-refractivity contribution in [3.8, 4) is 0 Å². The van der Waals surface area contributed by atoms with Gasteiger partial charge in [0.1, 0.15) is 20.6 Å². The lowest BCUT2D eigenvalue weighted by Crippen LogP contribution is -2.27. The number of carbonyl (C=O) groups excluding carboxylic acids is 2. The molecule has 0 aromatic carbocycles. The molecule has 0 bridgehead atoms. The van der Waals surface area contributed by atoms with Crippen LogP contribution in [0, 0.1) is 0 Å². The van der Waals surface area contributed by atoms with E-state index in [1.54, 1.807) is 20.8 Å². The van der Waals surface area contributed by atoms with Crippen LogP contribution in [0.1, 0.15) is 20.8 Å². The van der Waals surface area contributed by atoms with Gasteiger partial charge < -0.3 is 9.47 Å². The van der Waals surface area contributed by atoms with E-state index in [9.17, 15) is 9.59 Å². The lowest BCUT2D eigenvalue weighted by atomic mass is 10.4. The summed E-state index contributed by atoms with van der Waals surface area (Å²) < 4.78 is 9.56. The largest absolute Gasteiger partial charge is 0.461 e. The van der Waals surface area contributed by atoms with Gasteiger partial charge in [0.05, 0.1) is 0 Å². The molecule has 0 fully saturated rings. The Morgan fingerprint density at radius 3 is 1.93 bits per heavy atom. The van der Waals surface area contributed by atoms with Gasteiger partial charge in [0, 0.05) is 0 Å². The third-order valence-electron chi connectivity index (χ3n) is 1.43. The number of hydrogen-bond acceptors (Lipinski definition) is 4. The predicted molar refractivity (Wildman–Crippen MR) is 73.5 cm³/mol. The first-order chi connectivity index (χ1) is 6.84. The van der Waals surface area contributed by atoms with E-state index >= 15 is 0 Å². The number of ether oxygens (including phenoxy) is 2. The van der Waals surface area contributed by atoms with Gasteiger partial charge in [-0.2, -0.15) is 0 Å². The maximum Gasteiger partial charge on any atom is 0.318 e. The van der Waals surface area contributed by atoms with Crippen molar-refractivity contribution in [3.05, 3.63) is 0 Å². The molecule has 0 aliphatic rings. The van der Waals surface area contributed by atoms with Crippen LogP contribution < -0.4 is 0 Å². The Hall–Kier alpha value is 0.400. The van der Waals surface area contributed by atoms with E-state index < -0.39 is 6.10 Å². The number of hydrogen-bond donors (Lipinski definition) is 0. The summed E-state index contributed by atoms with van der Waals surface area (Å²) >= 11 is 3.94. The van der Waals surface area contributed by atoms with Crippen LogP contribution in [-0.4, -0.2) is 32.5 Å². The molecule has 6 heteroatoms. The molecule has 0 radical (unpaired) electrons. The number of halogens is 2. The summed E-state index contributed by atoms with van der Waals surface area (Å²) in [5, 5.41) is 0. The Kier molecular flexibility index (Phi) is 7.84. The molecule has 0 spiro atoms. The SMILES string of the molecule is CC(COC(=O)C(C)I)OC(=O)C(C)I. The van der Waals surface area contributed by atoms with E-state index in [1.165, 1.54) is 0 Å². The van der Waals surface area contributed by atoms with E-state index in [0.29, 0.717) is 0 Å². The highest BCUT2D eigenvalue weighted by atomic mass is 127. The summed E-state index contributed by atoms with van der Waals surface area (Å²) in [4.78, 5) is 22.3. The molecule has 88 valence electrons. The average molecular weight is 440 g/mol. The second-order valence-electron chi connectivity index (χ2n) is 3.11. The zero-order chi connectivity index (χ0) is 12.0. The van der Waals surface area contributed by atoms with Gasteiger partial charge in [-0.1, -0.05) is 45.2 Å². The Bertz CT molecular complexity index is 228. The van der Waals surface area contributed by atoms with Crippen molar-refractivity contribution >= 4 is 57.1 Å². The van der Waals surface area contributed by atoms with Crippen molar-refractivity contribution in [1.82, 2.24) is 0 Å². The lowest BCUT2D eigenvalue weighted by molar-refractivity contribution is -0.156. The molecule has 0 aromatic rings.